The van der Waals surface area contributed by atoms with Gasteiger partial charge in [0.05, 0.1) is 18.4 Å². The van der Waals surface area contributed by atoms with Crippen molar-refractivity contribution in [1.29, 1.82) is 0 Å². The molecule has 3 aromatic rings. The van der Waals surface area contributed by atoms with Gasteiger partial charge in [0.15, 0.2) is 11.5 Å². The lowest BCUT2D eigenvalue weighted by atomic mass is 10.1. The van der Waals surface area contributed by atoms with E-state index in [1.165, 1.54) is 0 Å². The molecule has 7 heteroatoms. The van der Waals surface area contributed by atoms with E-state index >= 15 is 0 Å². The first kappa shape index (κ1) is 18.6. The van der Waals surface area contributed by atoms with E-state index < -0.39 is 0 Å². The summed E-state index contributed by atoms with van der Waals surface area (Å²) in [4.78, 5) is 17.2. The normalized spacial score (nSPS) is 12.2. The zero-order valence-electron chi connectivity index (χ0n) is 16.0. The van der Waals surface area contributed by atoms with Gasteiger partial charge in [0.2, 0.25) is 0 Å². The van der Waals surface area contributed by atoms with Crippen molar-refractivity contribution in [2.45, 2.75) is 6.54 Å². The maximum atomic E-state index is 12.9. The number of benzene rings is 2. The first-order valence-corrected chi connectivity index (χ1v) is 9.27. The van der Waals surface area contributed by atoms with Crippen molar-refractivity contribution >= 4 is 17.4 Å². The van der Waals surface area contributed by atoms with Crippen molar-refractivity contribution in [3.63, 3.8) is 0 Å². The lowest BCUT2D eigenvalue weighted by Crippen LogP contribution is -2.25. The number of ether oxygens (including phenoxy) is 3. The molecule has 2 aromatic carbocycles. The fourth-order valence-corrected chi connectivity index (χ4v) is 3.11. The number of anilines is 2. The van der Waals surface area contributed by atoms with Gasteiger partial charge in [0.1, 0.15) is 24.8 Å². The summed E-state index contributed by atoms with van der Waals surface area (Å²) >= 11 is 0. The van der Waals surface area contributed by atoms with Gasteiger partial charge in [-0.25, -0.2) is 4.98 Å². The smallest absolute Gasteiger partial charge is 0.255 e. The maximum Gasteiger partial charge on any atom is 0.255 e. The zero-order valence-corrected chi connectivity index (χ0v) is 16.0. The standard InChI is InChI=1S/C22H21N3O4/c1-27-18-9-3-2-8-17(18)25-21-16(7-5-11-23-21)22(26)24-14-15-6-4-10-19-20(15)29-13-12-28-19/h2-11H,12-14H2,1H3,(H,23,25)(H,24,26). The minimum Gasteiger partial charge on any atom is -0.495 e. The second-order valence-corrected chi connectivity index (χ2v) is 6.35. The molecule has 1 amide bonds. The van der Waals surface area contributed by atoms with Gasteiger partial charge in [0, 0.05) is 18.3 Å². The van der Waals surface area contributed by atoms with Crippen LogP contribution in [0.1, 0.15) is 15.9 Å². The van der Waals surface area contributed by atoms with Crippen LogP contribution < -0.4 is 24.8 Å². The van der Waals surface area contributed by atoms with E-state index in [-0.39, 0.29) is 5.91 Å². The highest BCUT2D eigenvalue weighted by Crippen LogP contribution is 2.33. The number of carbonyl (C=O) groups is 1. The molecule has 4 rings (SSSR count). The quantitative estimate of drug-likeness (QED) is 0.669. The molecule has 2 N–H and O–H groups in total. The van der Waals surface area contributed by atoms with Crippen LogP contribution in [0.5, 0.6) is 17.2 Å². The Morgan fingerprint density at radius 1 is 1.07 bits per heavy atom. The predicted octanol–water partition coefficient (Wildman–Crippen LogP) is 3.54. The molecule has 1 aliphatic heterocycles. The third kappa shape index (κ3) is 4.08. The van der Waals surface area contributed by atoms with Crippen molar-refractivity contribution in [2.75, 3.05) is 25.6 Å². The summed E-state index contributed by atoms with van der Waals surface area (Å²) in [5.41, 5.74) is 2.02. The minimum atomic E-state index is -0.246. The number of amides is 1. The highest BCUT2D eigenvalue weighted by molar-refractivity contribution is 5.99. The lowest BCUT2D eigenvalue weighted by molar-refractivity contribution is 0.0950. The van der Waals surface area contributed by atoms with Crippen LogP contribution in [0.15, 0.2) is 60.8 Å². The van der Waals surface area contributed by atoms with Crippen molar-refractivity contribution in [2.24, 2.45) is 0 Å². The average molecular weight is 391 g/mol. The summed E-state index contributed by atoms with van der Waals surface area (Å²) in [6, 6.07) is 16.6. The Balaban J connectivity index is 1.51. The molecule has 1 aliphatic rings. The Morgan fingerprint density at radius 2 is 1.93 bits per heavy atom. The van der Waals surface area contributed by atoms with Crippen LogP contribution in [0, 0.1) is 0 Å². The van der Waals surface area contributed by atoms with Crippen LogP contribution in [0.2, 0.25) is 0 Å². The van der Waals surface area contributed by atoms with Crippen LogP contribution in [0.25, 0.3) is 0 Å². The Hall–Kier alpha value is -3.74. The highest BCUT2D eigenvalue weighted by atomic mass is 16.6. The molecule has 148 valence electrons. The summed E-state index contributed by atoms with van der Waals surface area (Å²) in [6.07, 6.45) is 1.63. The van der Waals surface area contributed by atoms with Crippen LogP contribution in [0.3, 0.4) is 0 Å². The number of fused-ring (bicyclic) bond motifs is 1. The molecule has 0 radical (unpaired) electrons. The minimum absolute atomic E-state index is 0.246. The predicted molar refractivity (Wildman–Crippen MR) is 109 cm³/mol. The first-order chi connectivity index (χ1) is 14.3. The average Bonchev–Trinajstić information content (AvgIpc) is 2.78. The number of nitrogens with zero attached hydrogens (tertiary/aromatic N) is 1. The lowest BCUT2D eigenvalue weighted by Gasteiger charge is -2.21. The number of hydrogen-bond donors (Lipinski definition) is 2. The number of para-hydroxylation sites is 3. The van der Waals surface area contributed by atoms with E-state index in [1.807, 2.05) is 42.5 Å². The van der Waals surface area contributed by atoms with Gasteiger partial charge in [-0.15, -0.1) is 0 Å². The van der Waals surface area contributed by atoms with Crippen molar-refractivity contribution < 1.29 is 19.0 Å². The molecule has 7 nitrogen and oxygen atoms in total. The molecule has 0 saturated heterocycles. The van der Waals surface area contributed by atoms with E-state index in [0.717, 1.165) is 11.3 Å². The Labute approximate surface area is 168 Å². The number of methoxy groups -OCH3 is 1. The summed E-state index contributed by atoms with van der Waals surface area (Å²) in [5, 5.41) is 6.11. The van der Waals surface area contributed by atoms with Crippen LogP contribution >= 0.6 is 0 Å². The number of rotatable bonds is 6. The van der Waals surface area contributed by atoms with E-state index in [1.54, 1.807) is 25.4 Å². The van der Waals surface area contributed by atoms with E-state index in [4.69, 9.17) is 14.2 Å². The molecule has 0 fully saturated rings. The van der Waals surface area contributed by atoms with Gasteiger partial charge in [-0.05, 0) is 30.3 Å². The van der Waals surface area contributed by atoms with Crippen molar-refractivity contribution in [3.8, 4) is 17.2 Å². The molecule has 0 saturated carbocycles. The van der Waals surface area contributed by atoms with Crippen LogP contribution in [0.4, 0.5) is 11.5 Å². The number of nitrogens with one attached hydrogen (secondary N) is 2. The van der Waals surface area contributed by atoms with Gasteiger partial charge in [-0.2, -0.15) is 0 Å². The molecular formula is C22H21N3O4. The van der Waals surface area contributed by atoms with Gasteiger partial charge >= 0.3 is 0 Å². The Bertz CT molecular complexity index is 1020. The van der Waals surface area contributed by atoms with E-state index in [0.29, 0.717) is 48.4 Å². The molecule has 0 spiro atoms. The molecule has 2 heterocycles. The fourth-order valence-electron chi connectivity index (χ4n) is 3.11. The number of hydrogen-bond acceptors (Lipinski definition) is 6. The zero-order chi connectivity index (χ0) is 20.1. The SMILES string of the molecule is COc1ccccc1Nc1ncccc1C(=O)NCc1cccc2c1OCCO2. The molecular weight excluding hydrogens is 370 g/mol. The molecule has 0 bridgehead atoms. The van der Waals surface area contributed by atoms with E-state index in [9.17, 15) is 4.79 Å². The summed E-state index contributed by atoms with van der Waals surface area (Å²) in [5.74, 6) is 2.24. The third-order valence-corrected chi connectivity index (χ3v) is 4.50. The first-order valence-electron chi connectivity index (χ1n) is 9.27. The molecule has 0 unspecified atom stereocenters. The molecule has 0 aliphatic carbocycles. The largest absolute Gasteiger partial charge is 0.495 e. The van der Waals surface area contributed by atoms with Gasteiger partial charge in [0.25, 0.3) is 5.91 Å². The third-order valence-electron chi connectivity index (χ3n) is 4.50. The summed E-state index contributed by atoms with van der Waals surface area (Å²) < 4.78 is 16.7. The summed E-state index contributed by atoms with van der Waals surface area (Å²) in [7, 11) is 1.60. The maximum absolute atomic E-state index is 12.9. The van der Waals surface area contributed by atoms with Gasteiger partial charge in [-0.3, -0.25) is 4.79 Å². The Morgan fingerprint density at radius 3 is 2.83 bits per heavy atom. The second-order valence-electron chi connectivity index (χ2n) is 6.35. The molecule has 1 aromatic heterocycles. The van der Waals surface area contributed by atoms with E-state index in [2.05, 4.69) is 15.6 Å². The number of aromatic nitrogens is 1. The summed E-state index contributed by atoms with van der Waals surface area (Å²) in [6.45, 7) is 1.33. The van der Waals surface area contributed by atoms with Gasteiger partial charge in [-0.1, -0.05) is 24.3 Å². The fraction of sp³-hybridized carbons (Fsp3) is 0.182. The van der Waals surface area contributed by atoms with Crippen LogP contribution in [-0.2, 0) is 6.54 Å². The Kier molecular flexibility index (Phi) is 5.47. The van der Waals surface area contributed by atoms with Crippen molar-refractivity contribution in [1.82, 2.24) is 10.3 Å². The highest BCUT2D eigenvalue weighted by Gasteiger charge is 2.18. The van der Waals surface area contributed by atoms with Crippen molar-refractivity contribution in [3.05, 3.63) is 71.9 Å². The topological polar surface area (TPSA) is 81.7 Å². The second kappa shape index (κ2) is 8.52. The molecule has 0 atom stereocenters. The molecule has 29 heavy (non-hydrogen) atoms. The van der Waals surface area contributed by atoms with Crippen LogP contribution in [-0.4, -0.2) is 31.2 Å². The number of pyridine rings is 1. The number of carbonyl (C=O) groups excluding carboxylic acids is 1. The van der Waals surface area contributed by atoms with Gasteiger partial charge < -0.3 is 24.8 Å². The monoisotopic (exact) mass is 391 g/mol.